The quantitative estimate of drug-likeness (QED) is 0.0297. The van der Waals surface area contributed by atoms with E-state index in [4.69, 9.17) is 17.2 Å². The van der Waals surface area contributed by atoms with Crippen molar-refractivity contribution < 1.29 is 102 Å². The van der Waals surface area contributed by atoms with Crippen LogP contribution in [-0.4, -0.2) is 214 Å². The van der Waals surface area contributed by atoms with Crippen molar-refractivity contribution in [2.45, 2.75) is 252 Å². The molecule has 3 fully saturated rings. The number of Topliss-reactive ketones (excluding diaryl/α,β-unsaturated/α-hetero) is 9. The molecule has 576 valence electrons. The maximum atomic E-state index is 13.0. The third kappa shape index (κ3) is 41.2. The van der Waals surface area contributed by atoms with E-state index in [1.54, 1.807) is 0 Å². The van der Waals surface area contributed by atoms with Gasteiger partial charge in [0.25, 0.3) is 0 Å². The molecule has 0 aromatic rings. The summed E-state index contributed by atoms with van der Waals surface area (Å²) < 4.78 is 0. The lowest BCUT2D eigenvalue weighted by Gasteiger charge is -2.22. The van der Waals surface area contributed by atoms with Gasteiger partial charge in [0.05, 0.1) is 74.2 Å². The van der Waals surface area contributed by atoms with Crippen LogP contribution in [0.25, 0.3) is 0 Å². The van der Waals surface area contributed by atoms with Crippen LogP contribution in [0.5, 0.6) is 0 Å². The van der Waals surface area contributed by atoms with Crippen LogP contribution >= 0.6 is 0 Å². The molecule has 18 N–H and O–H groups in total. The van der Waals surface area contributed by atoms with E-state index < -0.39 is 143 Å². The standard InChI is InChI=1S/3C23H38N4O7/c3*1-13(2)8-15(23(34)26-11-14(3)28)9-20(31)17(4-6-21(24)32)27-22(33)7-5-19(30)18-10-16(29)12-25-18/h3*13,15-18,25,29H,4-12H2,1-3H3,(H2,24,32)(H,26,34)(H,27,33)/t15-,16+,17+,18-;15-,16+,17-,18-;15-,16-,17+,18+/m101/s1. The zero-order valence-electron chi connectivity index (χ0n) is 60.7. The second kappa shape index (κ2) is 48.8. The molecule has 102 heavy (non-hydrogen) atoms. The SMILES string of the molecule is CC(=O)CNC(=O)[C@@H](CC(=O)[C@H](CCC(N)=O)NC(=O)CCC(=O)[C@@H]1C[C@@H](O)CN1)CC(C)C.CC(=O)CNC(=O)[C@@H](CC(=O)[C@H](CCC(N)=O)NC(=O)CCC(=O)[C@H]1C[C@H](O)CN1)CC(C)C.CC(=O)CNC(=O)[C@H](CC(=O)[C@H](CCC(N)=O)NC(=O)CCC(=O)[C@@H]1C[C@@H](O)CN1)CC(C)C. The summed E-state index contributed by atoms with van der Waals surface area (Å²) >= 11 is 0. The first-order valence-electron chi connectivity index (χ1n) is 35.1. The van der Waals surface area contributed by atoms with Crippen LogP contribution in [0.4, 0.5) is 0 Å². The maximum absolute atomic E-state index is 13.0. The molecule has 0 radical (unpaired) electrons. The lowest BCUT2D eigenvalue weighted by atomic mass is 9.88. The molecule has 3 heterocycles. The first-order chi connectivity index (χ1) is 47.6. The van der Waals surface area contributed by atoms with Crippen molar-refractivity contribution in [1.82, 2.24) is 47.9 Å². The van der Waals surface area contributed by atoms with Gasteiger partial charge < -0.3 is 80.4 Å². The minimum Gasteiger partial charge on any atom is -0.392 e. The maximum Gasteiger partial charge on any atom is 0.223 e. The molecule has 33 heteroatoms. The minimum absolute atomic E-state index is 0.0201. The highest BCUT2D eigenvalue weighted by molar-refractivity contribution is 5.98. The Morgan fingerprint density at radius 2 is 0.588 bits per heavy atom. The van der Waals surface area contributed by atoms with Crippen molar-refractivity contribution in [2.75, 3.05) is 39.3 Å². The van der Waals surface area contributed by atoms with Crippen molar-refractivity contribution in [2.24, 2.45) is 52.7 Å². The van der Waals surface area contributed by atoms with Gasteiger partial charge in [-0.05, 0) is 96.3 Å². The van der Waals surface area contributed by atoms with Crippen molar-refractivity contribution in [1.29, 1.82) is 0 Å². The van der Waals surface area contributed by atoms with Crippen LogP contribution < -0.4 is 65.1 Å². The summed E-state index contributed by atoms with van der Waals surface area (Å²) in [6.07, 6.45) is -1.29. The summed E-state index contributed by atoms with van der Waals surface area (Å²) in [7, 11) is 0. The Morgan fingerprint density at radius 1 is 0.363 bits per heavy atom. The Kier molecular flexibility index (Phi) is 44.0. The number of carbonyl (C=O) groups excluding carboxylic acids is 18. The second-order valence-corrected chi connectivity index (χ2v) is 28.1. The summed E-state index contributed by atoms with van der Waals surface area (Å²) in [5.41, 5.74) is 15.6. The fraction of sp³-hybridized carbons (Fsp3) is 0.739. The summed E-state index contributed by atoms with van der Waals surface area (Å²) in [5, 5.41) is 52.5. The van der Waals surface area contributed by atoms with Gasteiger partial charge in [0, 0.05) is 114 Å². The number of hydrogen-bond acceptors (Lipinski definition) is 24. The molecule has 3 aliphatic rings. The Bertz CT molecular complexity index is 2600. The van der Waals surface area contributed by atoms with Crippen LogP contribution in [0.2, 0.25) is 0 Å². The van der Waals surface area contributed by atoms with Crippen molar-refractivity contribution in [3.8, 4) is 0 Å². The predicted octanol–water partition coefficient (Wildman–Crippen LogP) is -2.59. The number of carbonyl (C=O) groups is 18. The topological polar surface area (TPSA) is 554 Å². The van der Waals surface area contributed by atoms with Crippen LogP contribution in [0.1, 0.15) is 197 Å². The molecule has 3 saturated heterocycles. The van der Waals surface area contributed by atoms with Crippen molar-refractivity contribution in [3.05, 3.63) is 0 Å². The molecule has 3 aliphatic heterocycles. The number of hydrogen-bond donors (Lipinski definition) is 15. The van der Waals surface area contributed by atoms with Crippen LogP contribution in [0.15, 0.2) is 0 Å². The second-order valence-electron chi connectivity index (χ2n) is 28.1. The van der Waals surface area contributed by atoms with E-state index in [9.17, 15) is 102 Å². The summed E-state index contributed by atoms with van der Waals surface area (Å²) in [5.74, 6) is -9.06. The number of nitrogens with one attached hydrogen (secondary N) is 9. The van der Waals surface area contributed by atoms with Gasteiger partial charge in [-0.25, -0.2) is 0 Å². The molecular formula is C69H114N12O21. The van der Waals surface area contributed by atoms with Gasteiger partial charge in [0.2, 0.25) is 53.2 Å². The molecule has 9 amide bonds. The minimum atomic E-state index is -1.03. The van der Waals surface area contributed by atoms with E-state index in [1.165, 1.54) is 20.8 Å². The lowest BCUT2D eigenvalue weighted by molar-refractivity contribution is -0.133. The Morgan fingerprint density at radius 3 is 0.765 bits per heavy atom. The van der Waals surface area contributed by atoms with E-state index in [1.807, 2.05) is 41.5 Å². The summed E-state index contributed by atoms with van der Waals surface area (Å²) in [6, 6.07) is -4.59. The highest BCUT2D eigenvalue weighted by atomic mass is 16.3. The normalized spacial score (nSPS) is 19.3. The number of rotatable bonds is 48. The Labute approximate surface area is 596 Å². The van der Waals surface area contributed by atoms with E-state index in [-0.39, 0.29) is 168 Å². The molecule has 0 aromatic heterocycles. The van der Waals surface area contributed by atoms with Gasteiger partial charge >= 0.3 is 0 Å². The molecule has 33 nitrogen and oxygen atoms in total. The van der Waals surface area contributed by atoms with Crippen LogP contribution in [-0.2, 0) is 86.3 Å². The zero-order valence-corrected chi connectivity index (χ0v) is 60.7. The predicted molar refractivity (Wildman–Crippen MR) is 370 cm³/mol. The largest absolute Gasteiger partial charge is 0.392 e. The zero-order chi connectivity index (χ0) is 77.5. The van der Waals surface area contributed by atoms with Gasteiger partial charge in [0.1, 0.15) is 34.7 Å². The number of amides is 9. The Hall–Kier alpha value is -7.98. The number of aliphatic hydroxyl groups is 3. The van der Waals surface area contributed by atoms with Crippen molar-refractivity contribution in [3.63, 3.8) is 0 Å². The summed E-state index contributed by atoms with van der Waals surface area (Å²) in [4.78, 5) is 218. The van der Waals surface area contributed by atoms with Crippen LogP contribution in [0.3, 0.4) is 0 Å². The van der Waals surface area contributed by atoms with E-state index in [0.29, 0.717) is 58.2 Å². The summed E-state index contributed by atoms with van der Waals surface area (Å²) in [6.45, 7) is 16.0. The molecule has 3 rings (SSSR count). The van der Waals surface area contributed by atoms with E-state index >= 15 is 0 Å². The van der Waals surface area contributed by atoms with Gasteiger partial charge in [-0.2, -0.15) is 0 Å². The monoisotopic (exact) mass is 1450 g/mol. The smallest absolute Gasteiger partial charge is 0.223 e. The third-order valence-electron chi connectivity index (χ3n) is 16.8. The average Bonchev–Trinajstić information content (AvgIpc) is 1.02. The Balaban J connectivity index is 0.000000765. The number of β-amino-alcohol motifs (C(OH)–C–C–N with tert-alkyl or cyclic N) is 3. The van der Waals surface area contributed by atoms with Gasteiger partial charge in [0.15, 0.2) is 17.3 Å². The number of aliphatic hydroxyl groups excluding tert-OH is 3. The molecule has 0 bridgehead atoms. The first kappa shape index (κ1) is 92.0. The van der Waals surface area contributed by atoms with Gasteiger partial charge in [-0.15, -0.1) is 0 Å². The fourth-order valence-corrected chi connectivity index (χ4v) is 11.5. The number of ketones is 9. The number of primary amides is 3. The van der Waals surface area contributed by atoms with Gasteiger partial charge in [-0.1, -0.05) is 41.5 Å². The molecule has 12 atom stereocenters. The average molecular weight is 1450 g/mol. The lowest BCUT2D eigenvalue weighted by Crippen LogP contribution is -2.44. The molecule has 0 aliphatic carbocycles. The van der Waals surface area contributed by atoms with Crippen LogP contribution in [0, 0.1) is 35.5 Å². The highest BCUT2D eigenvalue weighted by Crippen LogP contribution is 2.23. The van der Waals surface area contributed by atoms with E-state index in [2.05, 4.69) is 47.9 Å². The molecule has 0 spiro atoms. The fourth-order valence-electron chi connectivity index (χ4n) is 11.5. The van der Waals surface area contributed by atoms with E-state index in [0.717, 1.165) is 0 Å². The van der Waals surface area contributed by atoms with Gasteiger partial charge in [-0.3, -0.25) is 86.3 Å². The molecule has 0 saturated carbocycles. The first-order valence-corrected chi connectivity index (χ1v) is 35.1. The number of nitrogens with two attached hydrogens (primary N) is 3. The molecule has 0 unspecified atom stereocenters. The highest BCUT2D eigenvalue weighted by Gasteiger charge is 2.35. The molecular weight excluding hydrogens is 1330 g/mol. The van der Waals surface area contributed by atoms with Crippen molar-refractivity contribution >= 4 is 105 Å². The molecule has 0 aromatic carbocycles. The third-order valence-corrected chi connectivity index (χ3v) is 16.8.